The molecule has 1 amide bonds. The fourth-order valence-electron chi connectivity index (χ4n) is 1.69. The summed E-state index contributed by atoms with van der Waals surface area (Å²) in [4.78, 5) is 24.7. The second kappa shape index (κ2) is 6.92. The standard InChI is InChI=1S/C13H20N2O4/c1-4-6-7-15(9(3)5-2)12(16)10-8-11(13(17)18)19-14-10/h8-9H,4-7H2,1-3H3,(H,17,18). The Kier molecular flexibility index (Phi) is 5.54. The highest BCUT2D eigenvalue weighted by Gasteiger charge is 2.24. The zero-order valence-corrected chi connectivity index (χ0v) is 11.5. The molecule has 0 spiro atoms. The van der Waals surface area contributed by atoms with E-state index in [1.54, 1.807) is 4.90 Å². The Hall–Kier alpha value is -1.85. The van der Waals surface area contributed by atoms with Gasteiger partial charge >= 0.3 is 5.97 Å². The number of amides is 1. The second-order valence-electron chi connectivity index (χ2n) is 4.49. The maximum atomic E-state index is 12.3. The van der Waals surface area contributed by atoms with Crippen molar-refractivity contribution in [3.63, 3.8) is 0 Å². The first kappa shape index (κ1) is 15.2. The van der Waals surface area contributed by atoms with Crippen molar-refractivity contribution < 1.29 is 19.2 Å². The predicted molar refractivity (Wildman–Crippen MR) is 69.2 cm³/mol. The Morgan fingerprint density at radius 2 is 2.16 bits per heavy atom. The lowest BCUT2D eigenvalue weighted by atomic mass is 10.1. The van der Waals surface area contributed by atoms with Gasteiger partial charge in [0.25, 0.3) is 5.91 Å². The van der Waals surface area contributed by atoms with Gasteiger partial charge in [-0.25, -0.2) is 4.79 Å². The van der Waals surface area contributed by atoms with Crippen molar-refractivity contribution in [2.75, 3.05) is 6.54 Å². The molecule has 1 unspecified atom stereocenters. The molecule has 0 radical (unpaired) electrons. The second-order valence-corrected chi connectivity index (χ2v) is 4.49. The van der Waals surface area contributed by atoms with Gasteiger partial charge in [-0.3, -0.25) is 4.79 Å². The van der Waals surface area contributed by atoms with Crippen LogP contribution in [0.3, 0.4) is 0 Å². The topological polar surface area (TPSA) is 83.6 Å². The number of aromatic nitrogens is 1. The minimum Gasteiger partial charge on any atom is -0.475 e. The van der Waals surface area contributed by atoms with E-state index < -0.39 is 5.97 Å². The molecule has 0 aromatic carbocycles. The van der Waals surface area contributed by atoms with Crippen molar-refractivity contribution >= 4 is 11.9 Å². The first-order valence-corrected chi connectivity index (χ1v) is 6.52. The van der Waals surface area contributed by atoms with E-state index >= 15 is 0 Å². The van der Waals surface area contributed by atoms with Crippen molar-refractivity contribution in [2.45, 2.75) is 46.1 Å². The molecule has 0 saturated heterocycles. The van der Waals surface area contributed by atoms with Gasteiger partial charge in [0, 0.05) is 18.7 Å². The number of carboxylic acid groups (broad SMARTS) is 1. The van der Waals surface area contributed by atoms with E-state index in [0.717, 1.165) is 19.3 Å². The van der Waals surface area contributed by atoms with Crippen molar-refractivity contribution in [1.29, 1.82) is 0 Å². The number of carboxylic acids is 1. The van der Waals surface area contributed by atoms with E-state index in [1.165, 1.54) is 6.07 Å². The Bertz CT molecular complexity index is 442. The molecule has 1 aromatic rings. The molecule has 0 bridgehead atoms. The lowest BCUT2D eigenvalue weighted by Crippen LogP contribution is -2.39. The first-order valence-electron chi connectivity index (χ1n) is 6.52. The summed E-state index contributed by atoms with van der Waals surface area (Å²) >= 11 is 0. The summed E-state index contributed by atoms with van der Waals surface area (Å²) in [6, 6.07) is 1.26. The first-order chi connectivity index (χ1) is 9.01. The van der Waals surface area contributed by atoms with Crippen LogP contribution in [0.15, 0.2) is 10.6 Å². The van der Waals surface area contributed by atoms with E-state index in [9.17, 15) is 9.59 Å². The summed E-state index contributed by atoms with van der Waals surface area (Å²) in [5.41, 5.74) is 0.0498. The SMILES string of the molecule is CCCCN(C(=O)c1cc(C(=O)O)on1)C(C)CC. The Morgan fingerprint density at radius 1 is 1.47 bits per heavy atom. The van der Waals surface area contributed by atoms with Crippen LogP contribution >= 0.6 is 0 Å². The van der Waals surface area contributed by atoms with E-state index in [-0.39, 0.29) is 23.4 Å². The van der Waals surface area contributed by atoms with Crippen LogP contribution in [-0.2, 0) is 0 Å². The average Bonchev–Trinajstić information content (AvgIpc) is 2.88. The van der Waals surface area contributed by atoms with Gasteiger partial charge in [0.1, 0.15) is 0 Å². The highest BCUT2D eigenvalue weighted by atomic mass is 16.5. The van der Waals surface area contributed by atoms with Crippen LogP contribution in [0.4, 0.5) is 0 Å². The van der Waals surface area contributed by atoms with E-state index in [2.05, 4.69) is 16.6 Å². The van der Waals surface area contributed by atoms with Gasteiger partial charge in [-0.2, -0.15) is 0 Å². The third-order valence-electron chi connectivity index (χ3n) is 3.08. The van der Waals surface area contributed by atoms with Crippen molar-refractivity contribution in [2.24, 2.45) is 0 Å². The highest BCUT2D eigenvalue weighted by molar-refractivity contribution is 5.95. The quantitative estimate of drug-likeness (QED) is 0.821. The van der Waals surface area contributed by atoms with Gasteiger partial charge in [0.05, 0.1) is 0 Å². The largest absolute Gasteiger partial charge is 0.475 e. The van der Waals surface area contributed by atoms with Crippen LogP contribution in [0, 0.1) is 0 Å². The minimum absolute atomic E-state index is 0.0498. The smallest absolute Gasteiger partial charge is 0.374 e. The molecule has 1 rings (SSSR count). The summed E-state index contributed by atoms with van der Waals surface area (Å²) < 4.78 is 4.62. The number of aromatic carboxylic acids is 1. The fourth-order valence-corrected chi connectivity index (χ4v) is 1.69. The van der Waals surface area contributed by atoms with Gasteiger partial charge in [-0.05, 0) is 19.8 Å². The maximum absolute atomic E-state index is 12.3. The molecule has 19 heavy (non-hydrogen) atoms. The van der Waals surface area contributed by atoms with E-state index in [0.29, 0.717) is 6.54 Å². The number of unbranched alkanes of at least 4 members (excludes halogenated alkanes) is 1. The molecule has 0 aliphatic rings. The molecule has 0 aliphatic heterocycles. The Labute approximate surface area is 112 Å². The van der Waals surface area contributed by atoms with E-state index in [1.807, 2.05) is 13.8 Å². The average molecular weight is 268 g/mol. The van der Waals surface area contributed by atoms with Crippen LogP contribution in [0.1, 0.15) is 61.1 Å². The number of carbonyl (C=O) groups excluding carboxylic acids is 1. The van der Waals surface area contributed by atoms with E-state index in [4.69, 9.17) is 5.11 Å². The number of hydrogen-bond donors (Lipinski definition) is 1. The molecule has 106 valence electrons. The molecular weight excluding hydrogens is 248 g/mol. The number of rotatable bonds is 7. The van der Waals surface area contributed by atoms with Crippen LogP contribution in [0.2, 0.25) is 0 Å². The van der Waals surface area contributed by atoms with Crippen LogP contribution in [0.25, 0.3) is 0 Å². The summed E-state index contributed by atoms with van der Waals surface area (Å²) in [6.45, 7) is 6.66. The normalized spacial score (nSPS) is 12.2. The lowest BCUT2D eigenvalue weighted by molar-refractivity contribution is 0.0641. The molecule has 1 atom stereocenters. The molecule has 0 fully saturated rings. The van der Waals surface area contributed by atoms with Crippen LogP contribution < -0.4 is 0 Å². The zero-order chi connectivity index (χ0) is 14.4. The maximum Gasteiger partial charge on any atom is 0.374 e. The third kappa shape index (κ3) is 3.81. The molecule has 6 nitrogen and oxygen atoms in total. The van der Waals surface area contributed by atoms with Gasteiger partial charge in [0.2, 0.25) is 5.76 Å². The van der Waals surface area contributed by atoms with Gasteiger partial charge in [0.15, 0.2) is 5.69 Å². The van der Waals surface area contributed by atoms with Crippen molar-refractivity contribution in [3.05, 3.63) is 17.5 Å². The highest BCUT2D eigenvalue weighted by Crippen LogP contribution is 2.13. The van der Waals surface area contributed by atoms with Crippen LogP contribution in [0.5, 0.6) is 0 Å². The lowest BCUT2D eigenvalue weighted by Gasteiger charge is -2.27. The van der Waals surface area contributed by atoms with Gasteiger partial charge in [-0.1, -0.05) is 25.4 Å². The molecular formula is C13H20N2O4. The summed E-state index contributed by atoms with van der Waals surface area (Å²) in [5, 5.41) is 12.3. The van der Waals surface area contributed by atoms with Crippen molar-refractivity contribution in [3.8, 4) is 0 Å². The third-order valence-corrected chi connectivity index (χ3v) is 3.08. The Morgan fingerprint density at radius 3 is 2.63 bits per heavy atom. The number of carbonyl (C=O) groups is 2. The monoisotopic (exact) mass is 268 g/mol. The molecule has 1 N–H and O–H groups in total. The van der Waals surface area contributed by atoms with Gasteiger partial charge < -0.3 is 14.5 Å². The van der Waals surface area contributed by atoms with Gasteiger partial charge in [-0.15, -0.1) is 0 Å². The molecule has 1 aromatic heterocycles. The molecule has 6 heteroatoms. The summed E-state index contributed by atoms with van der Waals surface area (Å²) in [6.07, 6.45) is 2.72. The molecule has 1 heterocycles. The minimum atomic E-state index is -1.23. The molecule has 0 aliphatic carbocycles. The predicted octanol–water partition coefficient (Wildman–Crippen LogP) is 2.41. The van der Waals surface area contributed by atoms with Crippen molar-refractivity contribution in [1.82, 2.24) is 10.1 Å². The zero-order valence-electron chi connectivity index (χ0n) is 11.5. The molecule has 0 saturated carbocycles. The Balaban J connectivity index is 2.87. The number of nitrogens with zero attached hydrogens (tertiary/aromatic N) is 2. The van der Waals surface area contributed by atoms with Crippen LogP contribution in [-0.4, -0.2) is 39.6 Å². The fraction of sp³-hybridized carbons (Fsp3) is 0.615. The summed E-state index contributed by atoms with van der Waals surface area (Å²) in [7, 11) is 0. The summed E-state index contributed by atoms with van der Waals surface area (Å²) in [5.74, 6) is -1.82. The number of hydrogen-bond acceptors (Lipinski definition) is 4.